The lowest BCUT2D eigenvalue weighted by molar-refractivity contribution is 0.148. The molecular formula is C13H16BrNO2S. The summed E-state index contributed by atoms with van der Waals surface area (Å²) in [6.45, 7) is 6.39. The molecule has 1 unspecified atom stereocenters. The van der Waals surface area contributed by atoms with Crippen molar-refractivity contribution in [2.45, 2.75) is 38.7 Å². The van der Waals surface area contributed by atoms with Gasteiger partial charge in [-0.1, -0.05) is 20.8 Å². The summed E-state index contributed by atoms with van der Waals surface area (Å²) in [7, 11) is 0. The van der Waals surface area contributed by atoms with Gasteiger partial charge in [0.05, 0.1) is 10.7 Å². The number of furan rings is 1. The fourth-order valence-electron chi connectivity index (χ4n) is 1.52. The van der Waals surface area contributed by atoms with Crippen LogP contribution in [0.1, 0.15) is 43.3 Å². The third-order valence-corrected chi connectivity index (χ3v) is 3.91. The summed E-state index contributed by atoms with van der Waals surface area (Å²) in [5.74, 6) is 0.564. The molecule has 1 atom stereocenters. The largest absolute Gasteiger partial charge is 0.452 e. The Morgan fingerprint density at radius 2 is 2.17 bits per heavy atom. The van der Waals surface area contributed by atoms with E-state index in [2.05, 4.69) is 47.1 Å². The zero-order valence-electron chi connectivity index (χ0n) is 10.6. The van der Waals surface area contributed by atoms with Crippen LogP contribution in [0.3, 0.4) is 0 Å². The summed E-state index contributed by atoms with van der Waals surface area (Å²) in [6, 6.07) is 3.55. The molecule has 2 aromatic rings. The maximum Gasteiger partial charge on any atom is 0.169 e. The highest BCUT2D eigenvalue weighted by molar-refractivity contribution is 9.10. The van der Waals surface area contributed by atoms with Crippen molar-refractivity contribution in [2.24, 2.45) is 0 Å². The van der Waals surface area contributed by atoms with Crippen LogP contribution in [0, 0.1) is 0 Å². The van der Waals surface area contributed by atoms with Crippen LogP contribution in [-0.4, -0.2) is 10.1 Å². The van der Waals surface area contributed by atoms with Gasteiger partial charge in [0.25, 0.3) is 0 Å². The Morgan fingerprint density at radius 1 is 1.44 bits per heavy atom. The lowest BCUT2D eigenvalue weighted by Gasteiger charge is -2.14. The van der Waals surface area contributed by atoms with Gasteiger partial charge in [-0.3, -0.25) is 0 Å². The minimum absolute atomic E-state index is 0.0490. The van der Waals surface area contributed by atoms with Gasteiger partial charge in [0.2, 0.25) is 0 Å². The molecule has 18 heavy (non-hydrogen) atoms. The van der Waals surface area contributed by atoms with Crippen LogP contribution in [0.25, 0.3) is 0 Å². The molecule has 0 saturated heterocycles. The van der Waals surface area contributed by atoms with E-state index in [0.717, 1.165) is 10.7 Å². The van der Waals surface area contributed by atoms with E-state index >= 15 is 0 Å². The summed E-state index contributed by atoms with van der Waals surface area (Å²) in [6.07, 6.45) is -0.156. The first kappa shape index (κ1) is 13.8. The van der Waals surface area contributed by atoms with E-state index in [-0.39, 0.29) is 5.41 Å². The Labute approximate surface area is 119 Å². The van der Waals surface area contributed by atoms with E-state index in [1.807, 2.05) is 0 Å². The van der Waals surface area contributed by atoms with Gasteiger partial charge in [0.1, 0.15) is 11.9 Å². The molecule has 0 spiro atoms. The molecule has 0 bridgehead atoms. The van der Waals surface area contributed by atoms with Gasteiger partial charge in [0.15, 0.2) is 4.67 Å². The molecule has 1 N–H and O–H groups in total. The van der Waals surface area contributed by atoms with E-state index in [4.69, 9.17) is 4.42 Å². The zero-order valence-corrected chi connectivity index (χ0v) is 13.0. The predicted molar refractivity (Wildman–Crippen MR) is 75.9 cm³/mol. The van der Waals surface area contributed by atoms with Crippen molar-refractivity contribution < 1.29 is 9.52 Å². The topological polar surface area (TPSA) is 46.3 Å². The van der Waals surface area contributed by atoms with Crippen molar-refractivity contribution in [3.05, 3.63) is 38.6 Å². The highest BCUT2D eigenvalue weighted by Crippen LogP contribution is 2.28. The van der Waals surface area contributed by atoms with E-state index in [1.54, 1.807) is 23.5 Å². The van der Waals surface area contributed by atoms with E-state index in [9.17, 15) is 5.11 Å². The first-order valence-electron chi connectivity index (χ1n) is 5.74. The lowest BCUT2D eigenvalue weighted by atomic mass is 9.93. The van der Waals surface area contributed by atoms with Crippen molar-refractivity contribution in [3.8, 4) is 0 Å². The summed E-state index contributed by atoms with van der Waals surface area (Å²) in [5, 5.41) is 13.0. The molecule has 5 heteroatoms. The van der Waals surface area contributed by atoms with Crippen molar-refractivity contribution in [2.75, 3.05) is 0 Å². The number of aliphatic hydroxyl groups is 1. The molecule has 0 aliphatic carbocycles. The van der Waals surface area contributed by atoms with E-state index in [0.29, 0.717) is 16.9 Å². The highest BCUT2D eigenvalue weighted by atomic mass is 79.9. The Balaban J connectivity index is 2.08. The predicted octanol–water partition coefficient (Wildman–Crippen LogP) is 4.07. The minimum Gasteiger partial charge on any atom is -0.452 e. The number of hydrogen-bond acceptors (Lipinski definition) is 4. The number of halogens is 1. The van der Waals surface area contributed by atoms with Crippen molar-refractivity contribution >= 4 is 27.3 Å². The maximum absolute atomic E-state index is 10.1. The normalized spacial score (nSPS) is 13.8. The van der Waals surface area contributed by atoms with Crippen LogP contribution in [-0.2, 0) is 11.8 Å². The van der Waals surface area contributed by atoms with Crippen LogP contribution in [0.15, 0.2) is 26.6 Å². The highest BCUT2D eigenvalue weighted by Gasteiger charge is 2.20. The summed E-state index contributed by atoms with van der Waals surface area (Å²) in [5.41, 5.74) is 1.11. The second-order valence-corrected chi connectivity index (χ2v) is 6.96. The minimum atomic E-state index is -0.643. The number of rotatable bonds is 3. The SMILES string of the molecule is CC(C)(C)c1csc(CC(O)c2ccc(Br)o2)n1. The summed E-state index contributed by atoms with van der Waals surface area (Å²) < 4.78 is 5.97. The fourth-order valence-corrected chi connectivity index (χ4v) is 2.90. The van der Waals surface area contributed by atoms with Gasteiger partial charge in [-0.05, 0) is 28.1 Å². The van der Waals surface area contributed by atoms with Crippen molar-refractivity contribution in [3.63, 3.8) is 0 Å². The van der Waals surface area contributed by atoms with Crippen LogP contribution in [0.2, 0.25) is 0 Å². The summed E-state index contributed by atoms with van der Waals surface area (Å²) in [4.78, 5) is 4.56. The Kier molecular flexibility index (Phi) is 3.94. The number of aromatic nitrogens is 1. The Bertz CT molecular complexity index is 527. The second kappa shape index (κ2) is 5.15. The molecule has 2 aromatic heterocycles. The molecule has 0 amide bonds. The molecule has 0 aromatic carbocycles. The molecule has 3 nitrogen and oxygen atoms in total. The maximum atomic E-state index is 10.1. The van der Waals surface area contributed by atoms with Gasteiger partial charge in [-0.25, -0.2) is 4.98 Å². The first-order valence-corrected chi connectivity index (χ1v) is 7.41. The number of hydrogen-bond donors (Lipinski definition) is 1. The van der Waals surface area contributed by atoms with Gasteiger partial charge >= 0.3 is 0 Å². The zero-order chi connectivity index (χ0) is 13.3. The van der Waals surface area contributed by atoms with Crippen LogP contribution < -0.4 is 0 Å². The molecule has 0 aliphatic heterocycles. The van der Waals surface area contributed by atoms with Crippen LogP contribution in [0.5, 0.6) is 0 Å². The molecule has 0 fully saturated rings. The van der Waals surface area contributed by atoms with E-state index in [1.165, 1.54) is 0 Å². The fraction of sp³-hybridized carbons (Fsp3) is 0.462. The van der Waals surface area contributed by atoms with Crippen LogP contribution >= 0.6 is 27.3 Å². The molecule has 0 aliphatic rings. The third-order valence-electron chi connectivity index (χ3n) is 2.61. The number of nitrogens with zero attached hydrogens (tertiary/aromatic N) is 1. The first-order chi connectivity index (χ1) is 8.36. The van der Waals surface area contributed by atoms with Gasteiger partial charge in [-0.15, -0.1) is 11.3 Å². The number of aliphatic hydroxyl groups excluding tert-OH is 1. The van der Waals surface area contributed by atoms with Gasteiger partial charge in [0, 0.05) is 17.2 Å². The third kappa shape index (κ3) is 3.22. The molecule has 98 valence electrons. The van der Waals surface area contributed by atoms with Crippen molar-refractivity contribution in [1.82, 2.24) is 4.98 Å². The molecule has 2 rings (SSSR count). The quantitative estimate of drug-likeness (QED) is 0.923. The van der Waals surface area contributed by atoms with E-state index < -0.39 is 6.10 Å². The Morgan fingerprint density at radius 3 is 2.67 bits per heavy atom. The summed E-state index contributed by atoms with van der Waals surface area (Å²) >= 11 is 4.81. The average Bonchev–Trinajstić information content (AvgIpc) is 2.85. The van der Waals surface area contributed by atoms with Crippen LogP contribution in [0.4, 0.5) is 0 Å². The molecule has 2 heterocycles. The smallest absolute Gasteiger partial charge is 0.169 e. The molecule has 0 radical (unpaired) electrons. The molecule has 0 saturated carbocycles. The lowest BCUT2D eigenvalue weighted by Crippen LogP contribution is -2.11. The van der Waals surface area contributed by atoms with Crippen molar-refractivity contribution in [1.29, 1.82) is 0 Å². The number of thiazole rings is 1. The average molecular weight is 330 g/mol. The van der Waals surface area contributed by atoms with Gasteiger partial charge < -0.3 is 9.52 Å². The van der Waals surface area contributed by atoms with Gasteiger partial charge in [-0.2, -0.15) is 0 Å². The monoisotopic (exact) mass is 329 g/mol. The standard InChI is InChI=1S/C13H16BrNO2S/c1-13(2,3)10-7-18-12(15-10)6-8(16)9-4-5-11(14)17-9/h4-5,7-8,16H,6H2,1-3H3. The molecular weight excluding hydrogens is 314 g/mol. The second-order valence-electron chi connectivity index (χ2n) is 5.24. The Hall–Kier alpha value is -0.650.